The Hall–Kier alpha value is -2.14. The van der Waals surface area contributed by atoms with Gasteiger partial charge >= 0.3 is 0 Å². The summed E-state index contributed by atoms with van der Waals surface area (Å²) in [5, 5.41) is 10.3. The zero-order valence-electron chi connectivity index (χ0n) is 11.0. The van der Waals surface area contributed by atoms with Gasteiger partial charge in [0.25, 0.3) is 0 Å². The molecule has 1 heterocycles. The normalized spacial score (nSPS) is 10.4. The predicted molar refractivity (Wildman–Crippen MR) is 74.0 cm³/mol. The molecule has 0 atom stereocenters. The van der Waals surface area contributed by atoms with Gasteiger partial charge in [0.2, 0.25) is 5.91 Å². The summed E-state index contributed by atoms with van der Waals surface area (Å²) in [5.74, 6) is -0.00121. The summed E-state index contributed by atoms with van der Waals surface area (Å²) in [6, 6.07) is 9.99. The number of nitrogens with one attached hydrogen (secondary N) is 2. The van der Waals surface area contributed by atoms with Crippen LogP contribution in [-0.4, -0.2) is 28.8 Å². The summed E-state index contributed by atoms with van der Waals surface area (Å²) < 4.78 is 1.85. The molecule has 0 bridgehead atoms. The highest BCUT2D eigenvalue weighted by Crippen LogP contribution is 2.07. The minimum absolute atomic E-state index is 0.00121. The Morgan fingerprint density at radius 3 is 2.79 bits per heavy atom. The van der Waals surface area contributed by atoms with Crippen molar-refractivity contribution < 1.29 is 4.79 Å². The second-order valence-electron chi connectivity index (χ2n) is 4.29. The van der Waals surface area contributed by atoms with Crippen LogP contribution >= 0.6 is 0 Å². The van der Waals surface area contributed by atoms with Crippen molar-refractivity contribution >= 4 is 5.91 Å². The van der Waals surface area contributed by atoms with E-state index in [1.165, 1.54) is 6.92 Å². The fraction of sp³-hybridized carbons (Fsp3) is 0.286. The molecule has 5 heteroatoms. The van der Waals surface area contributed by atoms with Crippen LogP contribution < -0.4 is 10.6 Å². The van der Waals surface area contributed by atoms with Crippen molar-refractivity contribution in [3.8, 4) is 5.69 Å². The lowest BCUT2D eigenvalue weighted by Gasteiger charge is -2.03. The summed E-state index contributed by atoms with van der Waals surface area (Å²) in [5.41, 5.74) is 2.17. The first-order chi connectivity index (χ1) is 9.25. The van der Waals surface area contributed by atoms with E-state index in [1.807, 2.05) is 47.4 Å². The number of para-hydroxylation sites is 1. The van der Waals surface area contributed by atoms with Crippen LogP contribution in [0.3, 0.4) is 0 Å². The number of carbonyl (C=O) groups is 1. The first-order valence-corrected chi connectivity index (χ1v) is 6.30. The lowest BCUT2D eigenvalue weighted by molar-refractivity contribution is -0.118. The SMILES string of the molecule is CC(=O)NCCNCc1cnn(-c2ccccc2)c1. The Balaban J connectivity index is 1.80. The second-order valence-corrected chi connectivity index (χ2v) is 4.29. The van der Waals surface area contributed by atoms with E-state index >= 15 is 0 Å². The maximum absolute atomic E-state index is 10.7. The third-order valence-corrected chi connectivity index (χ3v) is 2.66. The summed E-state index contributed by atoms with van der Waals surface area (Å²) >= 11 is 0. The highest BCUT2D eigenvalue weighted by atomic mass is 16.1. The van der Waals surface area contributed by atoms with Crippen molar-refractivity contribution in [1.29, 1.82) is 0 Å². The first-order valence-electron chi connectivity index (χ1n) is 6.30. The van der Waals surface area contributed by atoms with Crippen LogP contribution in [0.25, 0.3) is 5.69 Å². The molecule has 19 heavy (non-hydrogen) atoms. The van der Waals surface area contributed by atoms with Gasteiger partial charge in [-0.1, -0.05) is 18.2 Å². The van der Waals surface area contributed by atoms with Crippen LogP contribution in [0.15, 0.2) is 42.7 Å². The number of amides is 1. The van der Waals surface area contributed by atoms with Gasteiger partial charge in [0.05, 0.1) is 11.9 Å². The molecular formula is C14H18N4O. The molecule has 0 spiro atoms. The van der Waals surface area contributed by atoms with Crippen LogP contribution in [0.2, 0.25) is 0 Å². The van der Waals surface area contributed by atoms with E-state index in [-0.39, 0.29) is 5.91 Å². The fourth-order valence-electron chi connectivity index (χ4n) is 1.73. The van der Waals surface area contributed by atoms with E-state index in [1.54, 1.807) is 0 Å². The van der Waals surface area contributed by atoms with E-state index in [2.05, 4.69) is 15.7 Å². The molecule has 2 aromatic rings. The molecule has 0 fully saturated rings. The van der Waals surface area contributed by atoms with Gasteiger partial charge in [0.15, 0.2) is 0 Å². The Morgan fingerprint density at radius 1 is 1.26 bits per heavy atom. The minimum Gasteiger partial charge on any atom is -0.355 e. The number of hydrogen-bond acceptors (Lipinski definition) is 3. The molecule has 0 aliphatic rings. The molecule has 0 radical (unpaired) electrons. The zero-order valence-corrected chi connectivity index (χ0v) is 11.0. The Bertz CT molecular complexity index is 521. The van der Waals surface area contributed by atoms with Crippen LogP contribution in [0.4, 0.5) is 0 Å². The van der Waals surface area contributed by atoms with Gasteiger partial charge in [0, 0.05) is 38.3 Å². The van der Waals surface area contributed by atoms with E-state index in [0.29, 0.717) is 6.54 Å². The first kappa shape index (κ1) is 13.3. The molecule has 0 aliphatic carbocycles. The molecule has 1 amide bonds. The Labute approximate surface area is 112 Å². The smallest absolute Gasteiger partial charge is 0.216 e. The molecule has 100 valence electrons. The molecule has 2 N–H and O–H groups in total. The van der Waals surface area contributed by atoms with Crippen molar-refractivity contribution in [2.24, 2.45) is 0 Å². The van der Waals surface area contributed by atoms with Gasteiger partial charge in [-0.2, -0.15) is 5.10 Å². The summed E-state index contributed by atoms with van der Waals surface area (Å²) in [6.07, 6.45) is 3.85. The molecule has 0 unspecified atom stereocenters. The van der Waals surface area contributed by atoms with Crippen LogP contribution in [-0.2, 0) is 11.3 Å². The molecule has 0 aliphatic heterocycles. The van der Waals surface area contributed by atoms with Gasteiger partial charge in [0.1, 0.15) is 0 Å². The number of carbonyl (C=O) groups excluding carboxylic acids is 1. The molecule has 2 rings (SSSR count). The van der Waals surface area contributed by atoms with E-state index in [4.69, 9.17) is 0 Å². The van der Waals surface area contributed by atoms with Gasteiger partial charge in [-0.3, -0.25) is 4.79 Å². The average molecular weight is 258 g/mol. The highest BCUT2D eigenvalue weighted by Gasteiger charge is 2.00. The van der Waals surface area contributed by atoms with Crippen molar-refractivity contribution in [3.05, 3.63) is 48.3 Å². The van der Waals surface area contributed by atoms with Gasteiger partial charge in [-0.15, -0.1) is 0 Å². The molecule has 1 aromatic carbocycles. The second kappa shape index (κ2) is 6.70. The molecule has 0 saturated carbocycles. The number of benzene rings is 1. The van der Waals surface area contributed by atoms with Crippen LogP contribution in [0, 0.1) is 0 Å². The van der Waals surface area contributed by atoms with Gasteiger partial charge in [-0.05, 0) is 12.1 Å². The molecule has 1 aromatic heterocycles. The summed E-state index contributed by atoms with van der Waals surface area (Å²) in [6.45, 7) is 3.65. The van der Waals surface area contributed by atoms with E-state index in [9.17, 15) is 4.79 Å². The third kappa shape index (κ3) is 4.22. The Kier molecular flexibility index (Phi) is 4.69. The number of nitrogens with zero attached hydrogens (tertiary/aromatic N) is 2. The van der Waals surface area contributed by atoms with Gasteiger partial charge in [-0.25, -0.2) is 4.68 Å². The van der Waals surface area contributed by atoms with Crippen LogP contribution in [0.1, 0.15) is 12.5 Å². The predicted octanol–water partition coefficient (Wildman–Crippen LogP) is 1.10. The van der Waals surface area contributed by atoms with Crippen molar-refractivity contribution in [2.45, 2.75) is 13.5 Å². The number of hydrogen-bond donors (Lipinski definition) is 2. The maximum atomic E-state index is 10.7. The average Bonchev–Trinajstić information content (AvgIpc) is 2.88. The fourth-order valence-corrected chi connectivity index (χ4v) is 1.73. The third-order valence-electron chi connectivity index (χ3n) is 2.66. The van der Waals surface area contributed by atoms with Crippen molar-refractivity contribution in [2.75, 3.05) is 13.1 Å². The van der Waals surface area contributed by atoms with Gasteiger partial charge < -0.3 is 10.6 Å². The number of rotatable bonds is 6. The Morgan fingerprint density at radius 2 is 2.05 bits per heavy atom. The van der Waals surface area contributed by atoms with Crippen LogP contribution in [0.5, 0.6) is 0 Å². The van der Waals surface area contributed by atoms with Crippen molar-refractivity contribution in [1.82, 2.24) is 20.4 Å². The lowest BCUT2D eigenvalue weighted by Crippen LogP contribution is -2.29. The maximum Gasteiger partial charge on any atom is 0.216 e. The quantitative estimate of drug-likeness (QED) is 0.763. The van der Waals surface area contributed by atoms with E-state index in [0.717, 1.165) is 24.3 Å². The van der Waals surface area contributed by atoms with Crippen molar-refractivity contribution in [3.63, 3.8) is 0 Å². The minimum atomic E-state index is -0.00121. The molecular weight excluding hydrogens is 240 g/mol. The standard InChI is InChI=1S/C14H18N4O/c1-12(19)16-8-7-15-9-13-10-17-18(11-13)14-5-3-2-4-6-14/h2-6,10-11,15H,7-9H2,1H3,(H,16,19). The highest BCUT2D eigenvalue weighted by molar-refractivity contribution is 5.72. The largest absolute Gasteiger partial charge is 0.355 e. The number of aromatic nitrogens is 2. The van der Waals surface area contributed by atoms with E-state index < -0.39 is 0 Å². The molecule has 5 nitrogen and oxygen atoms in total. The zero-order chi connectivity index (χ0) is 13.5. The summed E-state index contributed by atoms with van der Waals surface area (Å²) in [7, 11) is 0. The lowest BCUT2D eigenvalue weighted by atomic mass is 10.3. The monoisotopic (exact) mass is 258 g/mol. The topological polar surface area (TPSA) is 59.0 Å². The molecule has 0 saturated heterocycles. The summed E-state index contributed by atoms with van der Waals surface area (Å²) in [4.78, 5) is 10.7.